The van der Waals surface area contributed by atoms with Gasteiger partial charge in [-0.3, -0.25) is 0 Å². The van der Waals surface area contributed by atoms with E-state index in [1.807, 2.05) is 6.07 Å². The average molecular weight is 211 g/mol. The Morgan fingerprint density at radius 2 is 2.00 bits per heavy atom. The number of benzene rings is 1. The lowest BCUT2D eigenvalue weighted by atomic mass is 10.1. The molecule has 0 heterocycles. The van der Waals surface area contributed by atoms with E-state index in [4.69, 9.17) is 5.73 Å². The highest BCUT2D eigenvalue weighted by atomic mass is 32.2. The molecule has 0 aromatic heterocycles. The molecule has 1 aromatic rings. The standard InChI is InChI=1S/C10H13NO2S/c1-14(12,13)9-4-2-3-8(7-9)10(11)5-6-10/h2-4,7H,5-6,11H2,1H3. The largest absolute Gasteiger partial charge is 0.321 e. The zero-order valence-corrected chi connectivity index (χ0v) is 8.84. The molecule has 1 aliphatic rings. The van der Waals surface area contributed by atoms with Crippen LogP contribution in [0.4, 0.5) is 0 Å². The molecule has 0 aliphatic heterocycles. The Kier molecular flexibility index (Phi) is 1.94. The topological polar surface area (TPSA) is 60.2 Å². The minimum absolute atomic E-state index is 0.263. The normalized spacial score (nSPS) is 19.3. The third-order valence-corrected chi connectivity index (χ3v) is 3.74. The van der Waals surface area contributed by atoms with Crippen LogP contribution in [0.15, 0.2) is 29.2 Å². The number of hydrogen-bond donors (Lipinski definition) is 1. The first-order valence-electron chi connectivity index (χ1n) is 4.51. The Morgan fingerprint density at radius 1 is 1.36 bits per heavy atom. The second-order valence-electron chi connectivity index (χ2n) is 3.96. The Morgan fingerprint density at radius 3 is 2.50 bits per heavy atom. The van der Waals surface area contributed by atoms with Crippen molar-refractivity contribution in [3.05, 3.63) is 29.8 Å². The van der Waals surface area contributed by atoms with Crippen molar-refractivity contribution >= 4 is 9.84 Å². The molecule has 14 heavy (non-hydrogen) atoms. The van der Waals surface area contributed by atoms with Crippen molar-refractivity contribution < 1.29 is 8.42 Å². The van der Waals surface area contributed by atoms with Gasteiger partial charge in [0.2, 0.25) is 0 Å². The van der Waals surface area contributed by atoms with E-state index in [1.165, 1.54) is 6.26 Å². The second-order valence-corrected chi connectivity index (χ2v) is 5.97. The molecule has 0 spiro atoms. The van der Waals surface area contributed by atoms with Crippen LogP contribution in [0.5, 0.6) is 0 Å². The van der Waals surface area contributed by atoms with E-state index in [0.717, 1.165) is 18.4 Å². The lowest BCUT2D eigenvalue weighted by Gasteiger charge is -2.09. The van der Waals surface area contributed by atoms with Crippen molar-refractivity contribution in [2.75, 3.05) is 6.26 Å². The first-order chi connectivity index (χ1) is 6.42. The van der Waals surface area contributed by atoms with E-state index >= 15 is 0 Å². The highest BCUT2D eigenvalue weighted by molar-refractivity contribution is 7.90. The summed E-state index contributed by atoms with van der Waals surface area (Å²) in [5.41, 5.74) is 6.65. The van der Waals surface area contributed by atoms with E-state index in [-0.39, 0.29) is 5.54 Å². The van der Waals surface area contributed by atoms with E-state index in [0.29, 0.717) is 4.90 Å². The van der Waals surface area contributed by atoms with Gasteiger partial charge in [0.25, 0.3) is 0 Å². The zero-order chi connectivity index (χ0) is 10.4. The second kappa shape index (κ2) is 2.81. The maximum Gasteiger partial charge on any atom is 0.175 e. The maximum absolute atomic E-state index is 11.3. The van der Waals surface area contributed by atoms with Gasteiger partial charge in [0.05, 0.1) is 4.90 Å². The number of nitrogens with two attached hydrogens (primary N) is 1. The van der Waals surface area contributed by atoms with Crippen LogP contribution in [-0.4, -0.2) is 14.7 Å². The smallest absolute Gasteiger partial charge is 0.175 e. The molecule has 0 atom stereocenters. The number of hydrogen-bond acceptors (Lipinski definition) is 3. The third kappa shape index (κ3) is 1.67. The van der Waals surface area contributed by atoms with Crippen molar-refractivity contribution in [2.24, 2.45) is 5.73 Å². The van der Waals surface area contributed by atoms with Crippen LogP contribution in [0.3, 0.4) is 0 Å². The first kappa shape index (κ1) is 9.68. The van der Waals surface area contributed by atoms with Gasteiger partial charge in [-0.1, -0.05) is 12.1 Å². The SMILES string of the molecule is CS(=O)(=O)c1cccc(C2(N)CC2)c1. The number of rotatable bonds is 2. The Hall–Kier alpha value is -0.870. The summed E-state index contributed by atoms with van der Waals surface area (Å²) in [7, 11) is -3.11. The summed E-state index contributed by atoms with van der Waals surface area (Å²) in [4.78, 5) is 0.353. The lowest BCUT2D eigenvalue weighted by molar-refractivity contribution is 0.601. The Bertz CT molecular complexity index is 461. The van der Waals surface area contributed by atoms with Crippen molar-refractivity contribution in [2.45, 2.75) is 23.3 Å². The predicted octanol–water partition coefficient (Wildman–Crippen LogP) is 1.04. The first-order valence-corrected chi connectivity index (χ1v) is 6.40. The summed E-state index contributed by atoms with van der Waals surface area (Å²) >= 11 is 0. The zero-order valence-electron chi connectivity index (χ0n) is 8.03. The van der Waals surface area contributed by atoms with E-state index in [1.54, 1.807) is 18.2 Å². The Labute approximate surface area is 83.9 Å². The van der Waals surface area contributed by atoms with E-state index in [9.17, 15) is 8.42 Å². The quantitative estimate of drug-likeness (QED) is 0.795. The van der Waals surface area contributed by atoms with Gasteiger partial charge in [-0.2, -0.15) is 0 Å². The summed E-state index contributed by atoms with van der Waals surface area (Å²) in [5.74, 6) is 0. The molecule has 0 bridgehead atoms. The van der Waals surface area contributed by atoms with Gasteiger partial charge in [0.1, 0.15) is 0 Å². The average Bonchev–Trinajstić information content (AvgIpc) is 2.84. The summed E-state index contributed by atoms with van der Waals surface area (Å²) in [6.07, 6.45) is 3.10. The fraction of sp³-hybridized carbons (Fsp3) is 0.400. The number of sulfone groups is 1. The molecule has 1 aliphatic carbocycles. The minimum Gasteiger partial charge on any atom is -0.321 e. The van der Waals surface area contributed by atoms with Crippen LogP contribution in [0.25, 0.3) is 0 Å². The van der Waals surface area contributed by atoms with Crippen molar-refractivity contribution in [3.8, 4) is 0 Å². The highest BCUT2D eigenvalue weighted by Crippen LogP contribution is 2.42. The monoisotopic (exact) mass is 211 g/mol. The van der Waals surface area contributed by atoms with Crippen LogP contribution in [-0.2, 0) is 15.4 Å². The van der Waals surface area contributed by atoms with Gasteiger partial charge in [0.15, 0.2) is 9.84 Å². The van der Waals surface area contributed by atoms with Crippen LogP contribution >= 0.6 is 0 Å². The molecule has 0 amide bonds. The van der Waals surface area contributed by atoms with Gasteiger partial charge >= 0.3 is 0 Å². The predicted molar refractivity (Wildman–Crippen MR) is 54.7 cm³/mol. The third-order valence-electron chi connectivity index (χ3n) is 2.63. The molecular formula is C10H13NO2S. The molecule has 76 valence electrons. The van der Waals surface area contributed by atoms with Crippen molar-refractivity contribution in [1.82, 2.24) is 0 Å². The molecule has 4 heteroatoms. The molecule has 0 saturated heterocycles. The molecular weight excluding hydrogens is 198 g/mol. The fourth-order valence-electron chi connectivity index (χ4n) is 1.46. The highest BCUT2D eigenvalue weighted by Gasteiger charge is 2.40. The molecule has 1 aromatic carbocycles. The van der Waals surface area contributed by atoms with Crippen LogP contribution in [0, 0.1) is 0 Å². The van der Waals surface area contributed by atoms with Gasteiger partial charge in [-0.05, 0) is 30.5 Å². The van der Waals surface area contributed by atoms with Crippen LogP contribution in [0.2, 0.25) is 0 Å². The van der Waals surface area contributed by atoms with Gasteiger partial charge in [0, 0.05) is 11.8 Å². The summed E-state index contributed by atoms with van der Waals surface area (Å²) < 4.78 is 22.6. The van der Waals surface area contributed by atoms with E-state index in [2.05, 4.69) is 0 Å². The van der Waals surface area contributed by atoms with Gasteiger partial charge < -0.3 is 5.73 Å². The summed E-state index contributed by atoms with van der Waals surface area (Å²) in [6, 6.07) is 6.92. The molecule has 1 fully saturated rings. The van der Waals surface area contributed by atoms with Gasteiger partial charge in [-0.25, -0.2) is 8.42 Å². The lowest BCUT2D eigenvalue weighted by Crippen LogP contribution is -2.18. The molecule has 0 radical (unpaired) electrons. The van der Waals surface area contributed by atoms with Crippen LogP contribution < -0.4 is 5.73 Å². The van der Waals surface area contributed by atoms with Gasteiger partial charge in [-0.15, -0.1) is 0 Å². The van der Waals surface area contributed by atoms with Crippen molar-refractivity contribution in [3.63, 3.8) is 0 Å². The fourth-order valence-corrected chi connectivity index (χ4v) is 2.13. The molecule has 2 N–H and O–H groups in total. The van der Waals surface area contributed by atoms with Crippen LogP contribution in [0.1, 0.15) is 18.4 Å². The molecule has 3 nitrogen and oxygen atoms in total. The van der Waals surface area contributed by atoms with Crippen molar-refractivity contribution in [1.29, 1.82) is 0 Å². The maximum atomic E-state index is 11.3. The molecule has 0 unspecified atom stereocenters. The molecule has 1 saturated carbocycles. The minimum atomic E-state index is -3.11. The molecule has 2 rings (SSSR count). The Balaban J connectivity index is 2.47. The summed E-state index contributed by atoms with van der Waals surface area (Å²) in [5, 5.41) is 0. The van der Waals surface area contributed by atoms with E-state index < -0.39 is 9.84 Å². The summed E-state index contributed by atoms with van der Waals surface area (Å²) in [6.45, 7) is 0.